The van der Waals surface area contributed by atoms with Gasteiger partial charge in [-0.25, -0.2) is 18.4 Å². The maximum atomic E-state index is 11.7. The maximum absolute atomic E-state index is 11.7. The second kappa shape index (κ2) is 4.50. The first-order chi connectivity index (χ1) is 7.71. The van der Waals surface area contributed by atoms with Crippen LogP contribution in [0.5, 0.6) is 0 Å². The second-order valence-electron chi connectivity index (χ2n) is 3.71. The van der Waals surface area contributed by atoms with Gasteiger partial charge >= 0.3 is 5.97 Å². The number of nitrogens with two attached hydrogens (primary N) is 1. The SMILES string of the molecule is CCOC(=O)c1c(C)c(S(N)(=O)=O)c(C)n1C. The molecule has 0 saturated carbocycles. The molecule has 0 aliphatic carbocycles. The minimum Gasteiger partial charge on any atom is -0.461 e. The molecule has 1 rings (SSSR count). The number of aromatic nitrogens is 1. The Morgan fingerprint density at radius 1 is 1.41 bits per heavy atom. The lowest BCUT2D eigenvalue weighted by Gasteiger charge is -2.04. The van der Waals surface area contributed by atoms with Crippen LogP contribution in [0, 0.1) is 13.8 Å². The van der Waals surface area contributed by atoms with Gasteiger partial charge in [0.2, 0.25) is 10.0 Å². The van der Waals surface area contributed by atoms with Crippen LogP contribution in [0.2, 0.25) is 0 Å². The van der Waals surface area contributed by atoms with Gasteiger partial charge in [0.1, 0.15) is 10.6 Å². The van der Waals surface area contributed by atoms with Crippen LogP contribution in [0.25, 0.3) is 0 Å². The van der Waals surface area contributed by atoms with E-state index in [9.17, 15) is 13.2 Å². The molecule has 0 spiro atoms. The lowest BCUT2D eigenvalue weighted by molar-refractivity contribution is 0.0514. The fourth-order valence-corrected chi connectivity index (χ4v) is 2.93. The second-order valence-corrected chi connectivity index (χ2v) is 5.21. The number of hydrogen-bond donors (Lipinski definition) is 1. The van der Waals surface area contributed by atoms with Crippen molar-refractivity contribution in [2.75, 3.05) is 6.61 Å². The van der Waals surface area contributed by atoms with E-state index in [1.807, 2.05) is 0 Å². The smallest absolute Gasteiger partial charge is 0.355 e. The molecule has 0 amide bonds. The van der Waals surface area contributed by atoms with Gasteiger partial charge in [-0.15, -0.1) is 0 Å². The Morgan fingerprint density at radius 3 is 2.29 bits per heavy atom. The zero-order chi connectivity index (χ0) is 13.4. The number of rotatable bonds is 3. The highest BCUT2D eigenvalue weighted by Gasteiger charge is 2.27. The maximum Gasteiger partial charge on any atom is 0.355 e. The quantitative estimate of drug-likeness (QED) is 0.799. The number of primary sulfonamides is 1. The van der Waals surface area contributed by atoms with E-state index in [2.05, 4.69) is 0 Å². The molecule has 0 saturated heterocycles. The third-order valence-corrected chi connectivity index (χ3v) is 3.79. The molecule has 0 aliphatic rings. The fourth-order valence-electron chi connectivity index (χ4n) is 1.86. The standard InChI is InChI=1S/C10H16N2O4S/c1-5-16-10(13)8-6(2)9(17(11,14)15)7(3)12(8)4/h5H2,1-4H3,(H2,11,14,15). The summed E-state index contributed by atoms with van der Waals surface area (Å²) in [5.74, 6) is -0.550. The normalized spacial score (nSPS) is 11.6. The van der Waals surface area contributed by atoms with Gasteiger partial charge in [-0.3, -0.25) is 0 Å². The van der Waals surface area contributed by atoms with Crippen molar-refractivity contribution in [1.29, 1.82) is 0 Å². The summed E-state index contributed by atoms with van der Waals surface area (Å²) in [7, 11) is -2.24. The number of carbonyl (C=O) groups excluding carboxylic acids is 1. The number of hydrogen-bond acceptors (Lipinski definition) is 4. The Balaban J connectivity index is 3.52. The van der Waals surface area contributed by atoms with Crippen LogP contribution in [-0.2, 0) is 21.8 Å². The van der Waals surface area contributed by atoms with Crippen molar-refractivity contribution in [2.24, 2.45) is 12.2 Å². The molecule has 96 valence electrons. The van der Waals surface area contributed by atoms with Crippen LogP contribution in [0.1, 0.15) is 28.7 Å². The molecule has 0 bridgehead atoms. The van der Waals surface area contributed by atoms with Crippen molar-refractivity contribution in [3.8, 4) is 0 Å². The number of sulfonamides is 1. The Hall–Kier alpha value is -1.34. The lowest BCUT2D eigenvalue weighted by atomic mass is 10.2. The molecule has 0 atom stereocenters. The Morgan fingerprint density at radius 2 is 1.94 bits per heavy atom. The first kappa shape index (κ1) is 13.7. The molecule has 7 heteroatoms. The fraction of sp³-hybridized carbons (Fsp3) is 0.500. The van der Waals surface area contributed by atoms with Gasteiger partial charge in [0.15, 0.2) is 0 Å². The molecule has 0 aromatic carbocycles. The van der Waals surface area contributed by atoms with Crippen LogP contribution in [0.3, 0.4) is 0 Å². The van der Waals surface area contributed by atoms with Crippen molar-refractivity contribution < 1.29 is 17.9 Å². The van der Waals surface area contributed by atoms with Gasteiger partial charge < -0.3 is 9.30 Å². The number of nitrogens with zero attached hydrogens (tertiary/aromatic N) is 1. The minimum atomic E-state index is -3.84. The van der Waals surface area contributed by atoms with Crippen LogP contribution < -0.4 is 5.14 Å². The van der Waals surface area contributed by atoms with E-state index in [1.165, 1.54) is 4.57 Å². The first-order valence-corrected chi connectivity index (χ1v) is 6.62. The first-order valence-electron chi connectivity index (χ1n) is 5.07. The van der Waals surface area contributed by atoms with E-state index in [4.69, 9.17) is 9.88 Å². The van der Waals surface area contributed by atoms with Gasteiger partial charge in [0.05, 0.1) is 6.61 Å². The molecule has 1 heterocycles. The topological polar surface area (TPSA) is 91.4 Å². The summed E-state index contributed by atoms with van der Waals surface area (Å²) in [5, 5.41) is 5.12. The lowest BCUT2D eigenvalue weighted by Crippen LogP contribution is -2.14. The molecule has 0 radical (unpaired) electrons. The van der Waals surface area contributed by atoms with Crippen molar-refractivity contribution in [1.82, 2.24) is 4.57 Å². The summed E-state index contributed by atoms with van der Waals surface area (Å²) in [6, 6.07) is 0. The van der Waals surface area contributed by atoms with Gasteiger partial charge in [-0.2, -0.15) is 0 Å². The summed E-state index contributed by atoms with van der Waals surface area (Å²) in [6.07, 6.45) is 0. The highest BCUT2D eigenvalue weighted by Crippen LogP contribution is 2.25. The highest BCUT2D eigenvalue weighted by atomic mass is 32.2. The van der Waals surface area contributed by atoms with Crippen molar-refractivity contribution in [2.45, 2.75) is 25.7 Å². The molecule has 0 aliphatic heterocycles. The van der Waals surface area contributed by atoms with Gasteiger partial charge in [0, 0.05) is 18.3 Å². The zero-order valence-corrected chi connectivity index (χ0v) is 11.1. The van der Waals surface area contributed by atoms with Gasteiger partial charge in [0.25, 0.3) is 0 Å². The van der Waals surface area contributed by atoms with Crippen LogP contribution in [0.4, 0.5) is 0 Å². The van der Waals surface area contributed by atoms with E-state index in [1.54, 1.807) is 27.8 Å². The zero-order valence-electron chi connectivity index (χ0n) is 10.3. The third kappa shape index (κ3) is 2.34. The predicted octanol–water partition coefficient (Wildman–Crippen LogP) is 0.466. The summed E-state index contributed by atoms with van der Waals surface area (Å²) in [6.45, 7) is 5.05. The molecule has 0 fully saturated rings. The molecule has 17 heavy (non-hydrogen) atoms. The molecular weight excluding hydrogens is 244 g/mol. The Labute approximate surface area is 100 Å². The largest absolute Gasteiger partial charge is 0.461 e. The van der Waals surface area contributed by atoms with Crippen LogP contribution >= 0.6 is 0 Å². The monoisotopic (exact) mass is 260 g/mol. The highest BCUT2D eigenvalue weighted by molar-refractivity contribution is 7.89. The third-order valence-electron chi connectivity index (χ3n) is 2.62. The number of esters is 1. The molecule has 1 aromatic rings. The Kier molecular flexibility index (Phi) is 3.63. The molecule has 2 N–H and O–H groups in total. The summed E-state index contributed by atoms with van der Waals surface area (Å²) in [5.41, 5.74) is 0.965. The van der Waals surface area contributed by atoms with E-state index >= 15 is 0 Å². The van der Waals surface area contributed by atoms with Gasteiger partial charge in [-0.1, -0.05) is 0 Å². The van der Waals surface area contributed by atoms with Crippen LogP contribution in [-0.4, -0.2) is 25.6 Å². The van der Waals surface area contributed by atoms with Crippen LogP contribution in [0.15, 0.2) is 4.90 Å². The molecule has 6 nitrogen and oxygen atoms in total. The summed E-state index contributed by atoms with van der Waals surface area (Å²) in [4.78, 5) is 11.7. The molecule has 1 aromatic heterocycles. The van der Waals surface area contributed by atoms with Gasteiger partial charge in [-0.05, 0) is 20.8 Å². The average molecular weight is 260 g/mol. The molecule has 0 unspecified atom stereocenters. The average Bonchev–Trinajstić information content (AvgIpc) is 2.37. The van der Waals surface area contributed by atoms with Crippen molar-refractivity contribution in [3.05, 3.63) is 17.0 Å². The van der Waals surface area contributed by atoms with E-state index < -0.39 is 16.0 Å². The van der Waals surface area contributed by atoms with E-state index in [0.29, 0.717) is 11.3 Å². The van der Waals surface area contributed by atoms with E-state index in [-0.39, 0.29) is 17.2 Å². The summed E-state index contributed by atoms with van der Waals surface area (Å²) >= 11 is 0. The molecular formula is C10H16N2O4S. The Bertz CT molecular complexity index is 557. The number of carbonyl (C=O) groups is 1. The predicted molar refractivity (Wildman–Crippen MR) is 62.2 cm³/mol. The minimum absolute atomic E-state index is 0.0111. The van der Waals surface area contributed by atoms with Crippen molar-refractivity contribution in [3.63, 3.8) is 0 Å². The van der Waals surface area contributed by atoms with Crippen molar-refractivity contribution >= 4 is 16.0 Å². The summed E-state index contributed by atoms with van der Waals surface area (Å²) < 4.78 is 29.2. The van der Waals surface area contributed by atoms with E-state index in [0.717, 1.165) is 0 Å². The number of ether oxygens (including phenoxy) is 1.